The highest BCUT2D eigenvalue weighted by Crippen LogP contribution is 2.43. The van der Waals surface area contributed by atoms with Crippen LogP contribution in [0, 0.1) is 11.7 Å². The van der Waals surface area contributed by atoms with Crippen molar-refractivity contribution in [3.8, 4) is 0 Å². The topological polar surface area (TPSA) is 53.1 Å². The van der Waals surface area contributed by atoms with Crippen LogP contribution in [0.5, 0.6) is 0 Å². The van der Waals surface area contributed by atoms with Crippen LogP contribution in [0.25, 0.3) is 0 Å². The molecule has 0 N–H and O–H groups in total. The molecule has 29 heavy (non-hydrogen) atoms. The summed E-state index contributed by atoms with van der Waals surface area (Å²) < 4.78 is 20.7. The zero-order chi connectivity index (χ0) is 20.6. The number of benzene rings is 1. The SMILES string of the molecule is C[C@@H]1CCC[C@]2(C1)OC[C@H](C(=O)N1CCN(C)CC1)N2C(=O)c1ccccc1F. The first-order valence-corrected chi connectivity index (χ1v) is 10.6. The monoisotopic (exact) mass is 403 g/mol. The molecule has 2 aliphatic heterocycles. The second-order valence-electron chi connectivity index (χ2n) is 8.76. The number of ether oxygens (including phenoxy) is 1. The second-order valence-corrected chi connectivity index (χ2v) is 8.76. The predicted octanol–water partition coefficient (Wildman–Crippen LogP) is 2.35. The molecule has 0 aromatic heterocycles. The van der Waals surface area contributed by atoms with Gasteiger partial charge in [-0.3, -0.25) is 14.5 Å². The average molecular weight is 403 g/mol. The minimum atomic E-state index is -0.816. The summed E-state index contributed by atoms with van der Waals surface area (Å²) in [5.74, 6) is -0.702. The van der Waals surface area contributed by atoms with Gasteiger partial charge >= 0.3 is 0 Å². The summed E-state index contributed by atoms with van der Waals surface area (Å²) in [6, 6.07) is 5.31. The molecule has 1 spiro atoms. The van der Waals surface area contributed by atoms with Gasteiger partial charge in [0.05, 0.1) is 12.2 Å². The van der Waals surface area contributed by atoms with Gasteiger partial charge in [-0.25, -0.2) is 4.39 Å². The van der Waals surface area contributed by atoms with Crippen molar-refractivity contribution in [3.05, 3.63) is 35.6 Å². The summed E-state index contributed by atoms with van der Waals surface area (Å²) in [4.78, 5) is 32.5. The minimum absolute atomic E-state index is 0.00628. The van der Waals surface area contributed by atoms with Crippen LogP contribution < -0.4 is 0 Å². The van der Waals surface area contributed by atoms with Gasteiger partial charge in [-0.15, -0.1) is 0 Å². The lowest BCUT2D eigenvalue weighted by Crippen LogP contribution is -2.59. The first kappa shape index (κ1) is 20.3. The lowest BCUT2D eigenvalue weighted by Gasteiger charge is -2.44. The van der Waals surface area contributed by atoms with Crippen molar-refractivity contribution in [2.24, 2.45) is 5.92 Å². The van der Waals surface area contributed by atoms with Crippen LogP contribution in [-0.2, 0) is 9.53 Å². The Morgan fingerprint density at radius 2 is 1.90 bits per heavy atom. The molecule has 0 radical (unpaired) electrons. The first-order valence-electron chi connectivity index (χ1n) is 10.6. The molecule has 4 rings (SSSR count). The Kier molecular flexibility index (Phi) is 5.62. The van der Waals surface area contributed by atoms with E-state index in [1.807, 2.05) is 11.9 Å². The third-order valence-electron chi connectivity index (χ3n) is 6.62. The second kappa shape index (κ2) is 8.03. The molecule has 0 bridgehead atoms. The number of amides is 2. The third kappa shape index (κ3) is 3.78. The molecule has 1 saturated carbocycles. The molecule has 2 amide bonds. The van der Waals surface area contributed by atoms with Gasteiger partial charge in [0.25, 0.3) is 5.91 Å². The average Bonchev–Trinajstić information content (AvgIpc) is 3.05. The number of carbonyl (C=O) groups excluding carboxylic acids is 2. The number of carbonyl (C=O) groups is 2. The lowest BCUT2D eigenvalue weighted by atomic mass is 9.83. The van der Waals surface area contributed by atoms with Crippen molar-refractivity contribution in [1.82, 2.24) is 14.7 Å². The summed E-state index contributed by atoms with van der Waals surface area (Å²) >= 11 is 0. The molecule has 3 aliphatic rings. The molecule has 6 nitrogen and oxygen atoms in total. The summed E-state index contributed by atoms with van der Waals surface area (Å²) in [6.45, 7) is 5.21. The standard InChI is InChI=1S/C22H30FN3O3/c1-16-6-5-9-22(14-16)26(20(27)17-7-3-4-8-18(17)23)19(15-29-22)21(28)25-12-10-24(2)11-13-25/h3-4,7-8,16,19H,5-6,9-15H2,1-2H3/t16-,19-,22-/m1/s1. The molecule has 1 aromatic rings. The maximum atomic E-state index is 14.5. The molecule has 2 saturated heterocycles. The zero-order valence-corrected chi connectivity index (χ0v) is 17.3. The Morgan fingerprint density at radius 1 is 1.17 bits per heavy atom. The van der Waals surface area contributed by atoms with E-state index in [1.165, 1.54) is 12.1 Å². The number of halogens is 1. The molecule has 3 fully saturated rings. The van der Waals surface area contributed by atoms with E-state index in [-0.39, 0.29) is 18.1 Å². The molecule has 2 heterocycles. The molecule has 158 valence electrons. The third-order valence-corrected chi connectivity index (χ3v) is 6.62. The van der Waals surface area contributed by atoms with E-state index in [0.717, 1.165) is 25.9 Å². The van der Waals surface area contributed by atoms with Crippen LogP contribution in [0.1, 0.15) is 43.0 Å². The van der Waals surface area contributed by atoms with Crippen molar-refractivity contribution < 1.29 is 18.7 Å². The van der Waals surface area contributed by atoms with Gasteiger partial charge in [-0.05, 0) is 44.4 Å². The molecule has 3 atom stereocenters. The summed E-state index contributed by atoms with van der Waals surface area (Å²) in [5.41, 5.74) is -0.809. The summed E-state index contributed by atoms with van der Waals surface area (Å²) in [5, 5.41) is 0. The minimum Gasteiger partial charge on any atom is -0.353 e. The maximum Gasteiger partial charge on any atom is 0.259 e. The number of hydrogen-bond acceptors (Lipinski definition) is 4. The number of rotatable bonds is 2. The van der Waals surface area contributed by atoms with Gasteiger partial charge < -0.3 is 14.5 Å². The van der Waals surface area contributed by atoms with Crippen molar-refractivity contribution in [2.45, 2.75) is 44.4 Å². The molecule has 1 aromatic carbocycles. The highest BCUT2D eigenvalue weighted by molar-refractivity contribution is 5.98. The van der Waals surface area contributed by atoms with Gasteiger partial charge in [-0.1, -0.05) is 25.5 Å². The molecule has 7 heteroatoms. The summed E-state index contributed by atoms with van der Waals surface area (Å²) in [7, 11) is 2.03. The number of nitrogens with zero attached hydrogens (tertiary/aromatic N) is 3. The van der Waals surface area contributed by atoms with E-state index >= 15 is 0 Å². The van der Waals surface area contributed by atoms with Gasteiger partial charge in [0, 0.05) is 26.2 Å². The first-order chi connectivity index (χ1) is 13.9. The van der Waals surface area contributed by atoms with Gasteiger partial charge in [0.1, 0.15) is 17.6 Å². The quantitative estimate of drug-likeness (QED) is 0.761. The largest absolute Gasteiger partial charge is 0.353 e. The van der Waals surface area contributed by atoms with Crippen LogP contribution in [-0.4, -0.2) is 78.1 Å². The highest BCUT2D eigenvalue weighted by Gasteiger charge is 2.55. The van der Waals surface area contributed by atoms with Gasteiger partial charge in [-0.2, -0.15) is 0 Å². The van der Waals surface area contributed by atoms with Gasteiger partial charge in [0.15, 0.2) is 0 Å². The van der Waals surface area contributed by atoms with E-state index in [9.17, 15) is 14.0 Å². The fourth-order valence-corrected chi connectivity index (χ4v) is 5.00. The number of piperazine rings is 1. The fourth-order valence-electron chi connectivity index (χ4n) is 5.00. The van der Waals surface area contributed by atoms with E-state index in [2.05, 4.69) is 11.8 Å². The normalized spacial score (nSPS) is 30.7. The van der Waals surface area contributed by atoms with Crippen LogP contribution in [0.2, 0.25) is 0 Å². The van der Waals surface area contributed by atoms with Crippen molar-refractivity contribution in [3.63, 3.8) is 0 Å². The predicted molar refractivity (Wildman–Crippen MR) is 107 cm³/mol. The van der Waals surface area contributed by atoms with Crippen molar-refractivity contribution in [2.75, 3.05) is 39.8 Å². The van der Waals surface area contributed by atoms with Crippen LogP contribution in [0.4, 0.5) is 4.39 Å². The van der Waals surface area contributed by atoms with E-state index < -0.39 is 23.5 Å². The van der Waals surface area contributed by atoms with E-state index in [4.69, 9.17) is 4.74 Å². The van der Waals surface area contributed by atoms with Crippen molar-refractivity contribution >= 4 is 11.8 Å². The molecule has 1 aliphatic carbocycles. The zero-order valence-electron chi connectivity index (χ0n) is 17.3. The highest BCUT2D eigenvalue weighted by atomic mass is 19.1. The summed E-state index contributed by atoms with van der Waals surface area (Å²) in [6.07, 6.45) is 3.37. The van der Waals surface area contributed by atoms with E-state index in [0.29, 0.717) is 31.8 Å². The Bertz CT molecular complexity index is 780. The van der Waals surface area contributed by atoms with Crippen LogP contribution in [0.3, 0.4) is 0 Å². The Hall–Kier alpha value is -1.99. The Labute approximate surface area is 171 Å². The maximum absolute atomic E-state index is 14.5. The smallest absolute Gasteiger partial charge is 0.259 e. The Balaban J connectivity index is 1.66. The van der Waals surface area contributed by atoms with Gasteiger partial charge in [0.2, 0.25) is 5.91 Å². The Morgan fingerprint density at radius 3 is 2.59 bits per heavy atom. The molecular weight excluding hydrogens is 373 g/mol. The number of hydrogen-bond donors (Lipinski definition) is 0. The molecular formula is C22H30FN3O3. The van der Waals surface area contributed by atoms with Crippen LogP contribution in [0.15, 0.2) is 24.3 Å². The lowest BCUT2D eigenvalue weighted by molar-refractivity contribution is -0.139. The van der Waals surface area contributed by atoms with Crippen molar-refractivity contribution in [1.29, 1.82) is 0 Å². The number of likely N-dealkylation sites (N-methyl/N-ethyl adjacent to an activating group) is 1. The van der Waals surface area contributed by atoms with Crippen LogP contribution >= 0.6 is 0 Å². The molecule has 0 unspecified atom stereocenters. The fraction of sp³-hybridized carbons (Fsp3) is 0.636. The van der Waals surface area contributed by atoms with E-state index in [1.54, 1.807) is 17.0 Å².